The third-order valence-electron chi connectivity index (χ3n) is 4.43. The van der Waals surface area contributed by atoms with Gasteiger partial charge < -0.3 is 4.98 Å². The van der Waals surface area contributed by atoms with Crippen LogP contribution in [0.3, 0.4) is 0 Å². The van der Waals surface area contributed by atoms with E-state index in [0.717, 1.165) is 30.5 Å². The van der Waals surface area contributed by atoms with Crippen molar-refractivity contribution >= 4 is 23.3 Å². The number of aromatic nitrogens is 3. The number of nitrogens with zero attached hydrogens (tertiary/aromatic N) is 2. The number of aryl methyl sites for hydroxylation is 2. The van der Waals surface area contributed by atoms with E-state index in [4.69, 9.17) is 12.2 Å². The van der Waals surface area contributed by atoms with Crippen molar-refractivity contribution < 1.29 is 0 Å². The SMILES string of the molecule is O=c1c2cc3c(nc2[nH]c(=S)n1Cc1ccccc1)CCCC3. The fraction of sp³-hybridized carbons (Fsp3) is 0.278. The molecule has 0 amide bonds. The van der Waals surface area contributed by atoms with Gasteiger partial charge in [-0.3, -0.25) is 9.36 Å². The van der Waals surface area contributed by atoms with E-state index in [9.17, 15) is 4.79 Å². The minimum atomic E-state index is -0.0616. The normalized spacial score (nSPS) is 13.9. The predicted octanol–water partition coefficient (Wildman–Crippen LogP) is 3.38. The van der Waals surface area contributed by atoms with E-state index in [1.165, 1.54) is 12.0 Å². The molecule has 5 heteroatoms. The second-order valence-corrected chi connectivity index (χ2v) is 6.39. The smallest absolute Gasteiger partial charge is 0.264 e. The molecule has 4 rings (SSSR count). The molecule has 1 aliphatic rings. The molecule has 2 aromatic heterocycles. The zero-order valence-corrected chi connectivity index (χ0v) is 13.5. The molecule has 116 valence electrons. The maximum atomic E-state index is 12.9. The Hall–Kier alpha value is -2.27. The number of hydrogen-bond acceptors (Lipinski definition) is 3. The van der Waals surface area contributed by atoms with Gasteiger partial charge >= 0.3 is 0 Å². The first-order valence-electron chi connectivity index (χ1n) is 7.92. The van der Waals surface area contributed by atoms with Gasteiger partial charge in [-0.2, -0.15) is 0 Å². The van der Waals surface area contributed by atoms with Crippen LogP contribution in [0.25, 0.3) is 11.0 Å². The Morgan fingerprint density at radius 3 is 2.78 bits per heavy atom. The van der Waals surface area contributed by atoms with E-state index < -0.39 is 0 Å². The monoisotopic (exact) mass is 323 g/mol. The van der Waals surface area contributed by atoms with Crippen LogP contribution in [-0.2, 0) is 19.4 Å². The lowest BCUT2D eigenvalue weighted by molar-refractivity contribution is 0.668. The number of H-pyrrole nitrogens is 1. The van der Waals surface area contributed by atoms with E-state index in [-0.39, 0.29) is 5.56 Å². The summed E-state index contributed by atoms with van der Waals surface area (Å²) in [6, 6.07) is 11.9. The van der Waals surface area contributed by atoms with Crippen LogP contribution < -0.4 is 5.56 Å². The zero-order chi connectivity index (χ0) is 15.8. The maximum Gasteiger partial charge on any atom is 0.264 e. The molecular formula is C18H17N3OS. The van der Waals surface area contributed by atoms with Crippen LogP contribution in [0.1, 0.15) is 29.7 Å². The van der Waals surface area contributed by atoms with Crippen LogP contribution in [0.5, 0.6) is 0 Å². The number of hydrogen-bond donors (Lipinski definition) is 1. The fourth-order valence-corrected chi connectivity index (χ4v) is 3.45. The van der Waals surface area contributed by atoms with Gasteiger partial charge in [0.05, 0.1) is 11.9 Å². The van der Waals surface area contributed by atoms with Crippen molar-refractivity contribution in [3.63, 3.8) is 0 Å². The highest BCUT2D eigenvalue weighted by Crippen LogP contribution is 2.21. The lowest BCUT2D eigenvalue weighted by Crippen LogP contribution is -2.24. The summed E-state index contributed by atoms with van der Waals surface area (Å²) in [7, 11) is 0. The lowest BCUT2D eigenvalue weighted by Gasteiger charge is -2.16. The maximum absolute atomic E-state index is 12.9. The summed E-state index contributed by atoms with van der Waals surface area (Å²) in [6.45, 7) is 0.474. The van der Waals surface area contributed by atoms with Crippen molar-refractivity contribution in [2.75, 3.05) is 0 Å². The van der Waals surface area contributed by atoms with Crippen molar-refractivity contribution in [2.45, 2.75) is 32.2 Å². The highest BCUT2D eigenvalue weighted by Gasteiger charge is 2.15. The van der Waals surface area contributed by atoms with Crippen molar-refractivity contribution in [1.29, 1.82) is 0 Å². The predicted molar refractivity (Wildman–Crippen MR) is 93.4 cm³/mol. The molecule has 0 radical (unpaired) electrons. The fourth-order valence-electron chi connectivity index (χ4n) is 3.21. The van der Waals surface area contributed by atoms with Crippen LogP contribution >= 0.6 is 12.2 Å². The summed E-state index contributed by atoms with van der Waals surface area (Å²) >= 11 is 5.39. The molecule has 4 nitrogen and oxygen atoms in total. The van der Waals surface area contributed by atoms with Gasteiger partial charge in [-0.05, 0) is 55.1 Å². The van der Waals surface area contributed by atoms with Gasteiger partial charge in [0.1, 0.15) is 5.65 Å². The van der Waals surface area contributed by atoms with Crippen LogP contribution in [-0.4, -0.2) is 14.5 Å². The summed E-state index contributed by atoms with van der Waals surface area (Å²) in [4.78, 5) is 20.7. The number of fused-ring (bicyclic) bond motifs is 2. The summed E-state index contributed by atoms with van der Waals surface area (Å²) in [5, 5.41) is 0.634. The first kappa shape index (κ1) is 14.3. The standard InChI is InChI=1S/C18H17N3OS/c22-17-14-10-13-8-4-5-9-15(13)19-16(14)20-18(23)21(17)11-12-6-2-1-3-7-12/h1-3,6-7,10H,4-5,8-9,11H2,(H,19,20,23). The van der Waals surface area contributed by atoms with Gasteiger partial charge in [0, 0.05) is 5.69 Å². The Labute approximate surface area is 138 Å². The van der Waals surface area contributed by atoms with Crippen molar-refractivity contribution in [2.24, 2.45) is 0 Å². The highest BCUT2D eigenvalue weighted by atomic mass is 32.1. The van der Waals surface area contributed by atoms with E-state index in [1.54, 1.807) is 4.57 Å². The van der Waals surface area contributed by atoms with E-state index in [0.29, 0.717) is 22.3 Å². The van der Waals surface area contributed by atoms with Gasteiger partial charge in [0.2, 0.25) is 0 Å². The summed E-state index contributed by atoms with van der Waals surface area (Å²) in [5.74, 6) is 0. The summed E-state index contributed by atoms with van der Waals surface area (Å²) in [6.07, 6.45) is 4.32. The molecule has 0 spiro atoms. The molecule has 0 saturated heterocycles. The molecule has 23 heavy (non-hydrogen) atoms. The Bertz CT molecular complexity index is 989. The van der Waals surface area contributed by atoms with Gasteiger partial charge in [0.15, 0.2) is 4.77 Å². The first-order valence-corrected chi connectivity index (χ1v) is 8.33. The van der Waals surface area contributed by atoms with E-state index in [1.807, 2.05) is 36.4 Å². The molecule has 0 unspecified atom stereocenters. The number of rotatable bonds is 2. The third-order valence-corrected chi connectivity index (χ3v) is 4.75. The topological polar surface area (TPSA) is 50.7 Å². The van der Waals surface area contributed by atoms with Crippen LogP contribution in [0.15, 0.2) is 41.2 Å². The summed E-state index contributed by atoms with van der Waals surface area (Å²) in [5.41, 5.74) is 3.92. The average Bonchev–Trinajstić information content (AvgIpc) is 2.58. The third kappa shape index (κ3) is 2.61. The quantitative estimate of drug-likeness (QED) is 0.736. The highest BCUT2D eigenvalue weighted by molar-refractivity contribution is 7.71. The van der Waals surface area contributed by atoms with Gasteiger partial charge in [0.25, 0.3) is 5.56 Å². The Morgan fingerprint density at radius 1 is 1.17 bits per heavy atom. The van der Waals surface area contributed by atoms with Crippen LogP contribution in [0, 0.1) is 4.77 Å². The molecule has 0 saturated carbocycles. The molecule has 0 atom stereocenters. The largest absolute Gasteiger partial charge is 0.316 e. The number of benzene rings is 1. The van der Waals surface area contributed by atoms with Crippen molar-refractivity contribution in [3.8, 4) is 0 Å². The second kappa shape index (κ2) is 5.74. The van der Waals surface area contributed by atoms with E-state index in [2.05, 4.69) is 9.97 Å². The molecule has 0 aliphatic heterocycles. The minimum absolute atomic E-state index is 0.0616. The Morgan fingerprint density at radius 2 is 1.96 bits per heavy atom. The molecule has 0 bridgehead atoms. The van der Waals surface area contributed by atoms with Crippen molar-refractivity contribution in [1.82, 2.24) is 14.5 Å². The van der Waals surface area contributed by atoms with Gasteiger partial charge in [-0.15, -0.1) is 0 Å². The van der Waals surface area contributed by atoms with Crippen LogP contribution in [0.4, 0.5) is 0 Å². The molecule has 1 aliphatic carbocycles. The van der Waals surface area contributed by atoms with E-state index >= 15 is 0 Å². The van der Waals surface area contributed by atoms with Crippen molar-refractivity contribution in [3.05, 3.63) is 68.3 Å². The molecule has 2 heterocycles. The minimum Gasteiger partial charge on any atom is -0.316 e. The zero-order valence-electron chi connectivity index (χ0n) is 12.7. The molecular weight excluding hydrogens is 306 g/mol. The summed E-state index contributed by atoms with van der Waals surface area (Å²) < 4.78 is 2.04. The molecule has 0 fully saturated rings. The van der Waals surface area contributed by atoms with Gasteiger partial charge in [-0.1, -0.05) is 30.3 Å². The first-order chi connectivity index (χ1) is 11.2. The second-order valence-electron chi connectivity index (χ2n) is 6.00. The van der Waals surface area contributed by atoms with Gasteiger partial charge in [-0.25, -0.2) is 4.98 Å². The Kier molecular flexibility index (Phi) is 3.58. The lowest BCUT2D eigenvalue weighted by atomic mass is 9.95. The molecule has 1 N–H and O–H groups in total. The molecule has 3 aromatic rings. The Balaban J connectivity index is 1.89. The number of nitrogens with one attached hydrogen (secondary N) is 1. The molecule has 1 aromatic carbocycles. The average molecular weight is 323 g/mol. The number of pyridine rings is 1. The van der Waals surface area contributed by atoms with Crippen LogP contribution in [0.2, 0.25) is 0 Å². The number of aromatic amines is 1.